The fraction of sp³-hybridized carbons (Fsp3) is 0.391. The molecule has 0 unspecified atom stereocenters. The van der Waals surface area contributed by atoms with E-state index in [1.54, 1.807) is 0 Å². The molecular weight excluding hydrogens is 350 g/mol. The minimum Gasteiger partial charge on any atom is -0.371 e. The summed E-state index contributed by atoms with van der Waals surface area (Å²) in [6.45, 7) is 5.70. The second-order valence-corrected chi connectivity index (χ2v) is 7.40. The molecule has 2 aromatic carbocycles. The summed E-state index contributed by atoms with van der Waals surface area (Å²) in [6, 6.07) is 17.4. The molecule has 5 heteroatoms. The second kappa shape index (κ2) is 9.40. The van der Waals surface area contributed by atoms with E-state index in [-0.39, 0.29) is 23.9 Å². The van der Waals surface area contributed by atoms with Crippen LogP contribution in [0.15, 0.2) is 54.6 Å². The Hall–Kier alpha value is -2.82. The lowest BCUT2D eigenvalue weighted by Gasteiger charge is -2.35. The van der Waals surface area contributed by atoms with Crippen molar-refractivity contribution in [3.05, 3.63) is 65.7 Å². The maximum absolute atomic E-state index is 12.6. The van der Waals surface area contributed by atoms with Gasteiger partial charge in [0.25, 0.3) is 11.8 Å². The Balaban J connectivity index is 1.61. The minimum absolute atomic E-state index is 0.0209. The monoisotopic (exact) mass is 379 g/mol. The molecule has 2 aromatic rings. The lowest BCUT2D eigenvalue weighted by molar-refractivity contribution is 0.0928. The van der Waals surface area contributed by atoms with Crippen molar-refractivity contribution in [3.63, 3.8) is 0 Å². The first kappa shape index (κ1) is 19.9. The summed E-state index contributed by atoms with van der Waals surface area (Å²) in [7, 11) is 0. The van der Waals surface area contributed by atoms with Gasteiger partial charge in [-0.25, -0.2) is 0 Å². The number of nitrogens with zero attached hydrogens (tertiary/aromatic N) is 1. The quantitative estimate of drug-likeness (QED) is 0.806. The Labute approximate surface area is 167 Å². The molecule has 5 nitrogen and oxygen atoms in total. The number of rotatable bonds is 6. The minimum atomic E-state index is -0.0237. The number of hydrogen-bond acceptors (Lipinski definition) is 3. The third kappa shape index (κ3) is 4.91. The molecule has 0 radical (unpaired) electrons. The van der Waals surface area contributed by atoms with Gasteiger partial charge in [-0.2, -0.15) is 0 Å². The van der Waals surface area contributed by atoms with Crippen molar-refractivity contribution in [3.8, 4) is 0 Å². The number of hydrogen-bond donors (Lipinski definition) is 2. The molecule has 148 valence electrons. The van der Waals surface area contributed by atoms with Crippen LogP contribution >= 0.6 is 0 Å². The summed E-state index contributed by atoms with van der Waals surface area (Å²) in [4.78, 5) is 27.3. The molecule has 28 heavy (non-hydrogen) atoms. The first-order chi connectivity index (χ1) is 13.6. The maximum Gasteiger partial charge on any atom is 0.253 e. The van der Waals surface area contributed by atoms with Crippen molar-refractivity contribution in [1.29, 1.82) is 0 Å². The number of carbonyl (C=O) groups is 2. The van der Waals surface area contributed by atoms with E-state index in [0.717, 1.165) is 43.6 Å². The third-order valence-electron chi connectivity index (χ3n) is 5.35. The standard InChI is InChI=1S/C23H29N3O2/c1-3-17(2)24-23(28)20-11-7-8-12-21(20)26-15-13-19(14-16-26)25-22(27)18-9-5-4-6-10-18/h4-12,17,19H,3,13-16H2,1-2H3,(H,24,28)(H,25,27)/t17-/m1/s1. The van der Waals surface area contributed by atoms with Gasteiger partial charge >= 0.3 is 0 Å². The smallest absolute Gasteiger partial charge is 0.253 e. The van der Waals surface area contributed by atoms with Crippen LogP contribution in [-0.4, -0.2) is 37.0 Å². The zero-order valence-electron chi connectivity index (χ0n) is 16.7. The highest BCUT2D eigenvalue weighted by atomic mass is 16.2. The first-order valence-electron chi connectivity index (χ1n) is 10.1. The van der Waals surface area contributed by atoms with Gasteiger partial charge < -0.3 is 15.5 Å². The molecular formula is C23H29N3O2. The van der Waals surface area contributed by atoms with Gasteiger partial charge in [0.05, 0.1) is 5.56 Å². The molecule has 1 heterocycles. The van der Waals surface area contributed by atoms with Gasteiger partial charge in [0.2, 0.25) is 0 Å². The first-order valence-corrected chi connectivity index (χ1v) is 10.1. The second-order valence-electron chi connectivity index (χ2n) is 7.40. The van der Waals surface area contributed by atoms with Crippen molar-refractivity contribution in [2.75, 3.05) is 18.0 Å². The van der Waals surface area contributed by atoms with Gasteiger partial charge in [0.15, 0.2) is 0 Å². The Bertz CT molecular complexity index is 799. The Morgan fingerprint density at radius 1 is 1.00 bits per heavy atom. The SMILES string of the molecule is CC[C@@H](C)NC(=O)c1ccccc1N1CCC(NC(=O)c2ccccc2)CC1. The van der Waals surface area contributed by atoms with Gasteiger partial charge in [0.1, 0.15) is 0 Å². The van der Waals surface area contributed by atoms with Crippen LogP contribution in [-0.2, 0) is 0 Å². The van der Waals surface area contributed by atoms with Crippen LogP contribution in [0.2, 0.25) is 0 Å². The van der Waals surface area contributed by atoms with E-state index >= 15 is 0 Å². The number of amides is 2. The van der Waals surface area contributed by atoms with Crippen LogP contribution in [0.1, 0.15) is 53.8 Å². The lowest BCUT2D eigenvalue weighted by atomic mass is 10.0. The van der Waals surface area contributed by atoms with Gasteiger partial charge in [-0.3, -0.25) is 9.59 Å². The molecule has 3 rings (SSSR count). The number of nitrogens with one attached hydrogen (secondary N) is 2. The van der Waals surface area contributed by atoms with E-state index in [2.05, 4.69) is 22.5 Å². The van der Waals surface area contributed by atoms with Gasteiger partial charge in [-0.1, -0.05) is 37.3 Å². The van der Waals surface area contributed by atoms with E-state index in [9.17, 15) is 9.59 Å². The molecule has 1 saturated heterocycles. The van der Waals surface area contributed by atoms with Gasteiger partial charge in [0, 0.05) is 36.4 Å². The van der Waals surface area contributed by atoms with Crippen molar-refractivity contribution < 1.29 is 9.59 Å². The zero-order chi connectivity index (χ0) is 19.9. The largest absolute Gasteiger partial charge is 0.371 e. The Morgan fingerprint density at radius 2 is 1.64 bits per heavy atom. The van der Waals surface area contributed by atoms with Crippen LogP contribution in [0.4, 0.5) is 5.69 Å². The summed E-state index contributed by atoms with van der Waals surface area (Å²) in [5.41, 5.74) is 2.38. The van der Waals surface area contributed by atoms with E-state index in [0.29, 0.717) is 5.56 Å². The highest BCUT2D eigenvalue weighted by Gasteiger charge is 2.24. The molecule has 0 spiro atoms. The number of anilines is 1. The fourth-order valence-corrected chi connectivity index (χ4v) is 3.47. The normalized spacial score (nSPS) is 15.7. The summed E-state index contributed by atoms with van der Waals surface area (Å²) >= 11 is 0. The van der Waals surface area contributed by atoms with Crippen molar-refractivity contribution in [2.45, 2.75) is 45.2 Å². The average Bonchev–Trinajstić information content (AvgIpc) is 2.74. The molecule has 1 fully saturated rings. The molecule has 0 saturated carbocycles. The predicted molar refractivity (Wildman–Crippen MR) is 113 cm³/mol. The third-order valence-corrected chi connectivity index (χ3v) is 5.35. The number of piperidine rings is 1. The summed E-state index contributed by atoms with van der Waals surface area (Å²) in [6.07, 6.45) is 2.63. The van der Waals surface area contributed by atoms with Crippen LogP contribution in [0.5, 0.6) is 0 Å². The molecule has 1 atom stereocenters. The maximum atomic E-state index is 12.6. The van der Waals surface area contributed by atoms with Gasteiger partial charge in [-0.15, -0.1) is 0 Å². The van der Waals surface area contributed by atoms with Crippen molar-refractivity contribution in [1.82, 2.24) is 10.6 Å². The predicted octanol–water partition coefficient (Wildman–Crippen LogP) is 3.61. The molecule has 2 amide bonds. The fourth-order valence-electron chi connectivity index (χ4n) is 3.47. The van der Waals surface area contributed by atoms with Crippen molar-refractivity contribution >= 4 is 17.5 Å². The number of benzene rings is 2. The van der Waals surface area contributed by atoms with Crippen LogP contribution < -0.4 is 15.5 Å². The molecule has 0 aliphatic carbocycles. The number of para-hydroxylation sites is 1. The highest BCUT2D eigenvalue weighted by molar-refractivity contribution is 6.00. The topological polar surface area (TPSA) is 61.4 Å². The number of carbonyl (C=O) groups excluding carboxylic acids is 2. The summed E-state index contributed by atoms with van der Waals surface area (Å²) in [5, 5.41) is 6.19. The van der Waals surface area contributed by atoms with Gasteiger partial charge in [-0.05, 0) is 50.5 Å². The molecule has 0 aromatic heterocycles. The average molecular weight is 380 g/mol. The highest BCUT2D eigenvalue weighted by Crippen LogP contribution is 2.24. The van der Waals surface area contributed by atoms with Crippen LogP contribution in [0.25, 0.3) is 0 Å². The van der Waals surface area contributed by atoms with Crippen LogP contribution in [0.3, 0.4) is 0 Å². The lowest BCUT2D eigenvalue weighted by Crippen LogP contribution is -2.45. The van der Waals surface area contributed by atoms with E-state index in [4.69, 9.17) is 0 Å². The Morgan fingerprint density at radius 3 is 2.32 bits per heavy atom. The van der Waals surface area contributed by atoms with E-state index in [1.807, 2.05) is 61.5 Å². The molecule has 0 bridgehead atoms. The van der Waals surface area contributed by atoms with E-state index < -0.39 is 0 Å². The zero-order valence-corrected chi connectivity index (χ0v) is 16.7. The molecule has 1 aliphatic rings. The van der Waals surface area contributed by atoms with Crippen LogP contribution in [0, 0.1) is 0 Å². The molecule has 2 N–H and O–H groups in total. The Kier molecular flexibility index (Phi) is 6.69. The van der Waals surface area contributed by atoms with Crippen molar-refractivity contribution in [2.24, 2.45) is 0 Å². The van der Waals surface area contributed by atoms with E-state index in [1.165, 1.54) is 0 Å². The molecule has 1 aliphatic heterocycles. The summed E-state index contributed by atoms with van der Waals surface area (Å²) < 4.78 is 0. The summed E-state index contributed by atoms with van der Waals surface area (Å²) in [5.74, 6) is -0.0446.